The number of rotatable bonds is 7. The molecule has 1 aliphatic heterocycles. The number of hydrogen-bond donors (Lipinski definition) is 3. The molecule has 1 aliphatic carbocycles. The first-order valence-electron chi connectivity index (χ1n) is 11.3. The number of carbonyl (C=O) groups is 1. The summed E-state index contributed by atoms with van der Waals surface area (Å²) in [7, 11) is 0. The van der Waals surface area contributed by atoms with Crippen molar-refractivity contribution in [2.45, 2.75) is 45.1 Å². The first kappa shape index (κ1) is 21.6. The molecular formula is C24H28ClN5OS. The number of piperidine rings is 1. The molecule has 3 aromatic rings. The minimum atomic E-state index is -0.00926. The van der Waals surface area contributed by atoms with Crippen LogP contribution in [0.2, 0.25) is 5.02 Å². The molecule has 1 amide bonds. The summed E-state index contributed by atoms with van der Waals surface area (Å²) in [5.74, 6) is 0.580. The van der Waals surface area contributed by atoms with Crippen LogP contribution in [0.25, 0.3) is 20.7 Å². The van der Waals surface area contributed by atoms with Crippen LogP contribution in [0.15, 0.2) is 30.5 Å². The number of anilines is 1. The van der Waals surface area contributed by atoms with Gasteiger partial charge >= 0.3 is 0 Å². The van der Waals surface area contributed by atoms with Crippen molar-refractivity contribution < 1.29 is 4.79 Å². The quantitative estimate of drug-likeness (QED) is 0.449. The number of fused-ring (bicyclic) bond motifs is 1. The molecule has 2 aromatic heterocycles. The van der Waals surface area contributed by atoms with Crippen molar-refractivity contribution in [3.63, 3.8) is 0 Å². The molecule has 3 heterocycles. The van der Waals surface area contributed by atoms with Gasteiger partial charge in [-0.1, -0.05) is 24.6 Å². The van der Waals surface area contributed by atoms with Crippen molar-refractivity contribution in [3.05, 3.63) is 41.0 Å². The summed E-state index contributed by atoms with van der Waals surface area (Å²) in [6.07, 6.45) is 7.26. The molecule has 168 valence electrons. The molecule has 8 heteroatoms. The lowest BCUT2D eigenvalue weighted by Crippen LogP contribution is -2.35. The maximum atomic E-state index is 12.7. The summed E-state index contributed by atoms with van der Waals surface area (Å²) in [6, 6.07) is 8.20. The summed E-state index contributed by atoms with van der Waals surface area (Å²) >= 11 is 8.08. The first-order valence-corrected chi connectivity index (χ1v) is 12.5. The highest BCUT2D eigenvalue weighted by atomic mass is 35.5. The van der Waals surface area contributed by atoms with E-state index < -0.39 is 0 Å². The van der Waals surface area contributed by atoms with Crippen LogP contribution in [0, 0.1) is 5.41 Å². The van der Waals surface area contributed by atoms with Gasteiger partial charge < -0.3 is 16.0 Å². The van der Waals surface area contributed by atoms with Crippen LogP contribution >= 0.6 is 22.9 Å². The third kappa shape index (κ3) is 4.75. The van der Waals surface area contributed by atoms with Crippen molar-refractivity contribution >= 4 is 44.9 Å². The van der Waals surface area contributed by atoms with Gasteiger partial charge in [-0.05, 0) is 68.8 Å². The predicted octanol–water partition coefficient (Wildman–Crippen LogP) is 5.10. The van der Waals surface area contributed by atoms with Crippen LogP contribution < -0.4 is 16.0 Å². The zero-order chi connectivity index (χ0) is 22.1. The van der Waals surface area contributed by atoms with Crippen LogP contribution in [0.3, 0.4) is 0 Å². The van der Waals surface area contributed by atoms with Gasteiger partial charge in [0.25, 0.3) is 5.91 Å². The molecule has 0 radical (unpaired) electrons. The van der Waals surface area contributed by atoms with Crippen LogP contribution in [0.4, 0.5) is 5.95 Å². The summed E-state index contributed by atoms with van der Waals surface area (Å²) < 4.78 is 1.05. The van der Waals surface area contributed by atoms with Crippen molar-refractivity contribution in [1.82, 2.24) is 20.6 Å². The molecule has 0 bridgehead atoms. The summed E-state index contributed by atoms with van der Waals surface area (Å²) in [6.45, 7) is 5.36. The van der Waals surface area contributed by atoms with Crippen LogP contribution in [-0.2, 0) is 0 Å². The van der Waals surface area contributed by atoms with Crippen molar-refractivity contribution in [1.29, 1.82) is 0 Å². The van der Waals surface area contributed by atoms with E-state index in [2.05, 4.69) is 27.9 Å². The molecule has 2 aliphatic rings. The molecule has 1 aromatic carbocycles. The lowest BCUT2D eigenvalue weighted by Gasteiger charge is -2.34. The monoisotopic (exact) mass is 469 g/mol. The molecule has 2 fully saturated rings. The van der Waals surface area contributed by atoms with Crippen LogP contribution in [0.1, 0.15) is 49.4 Å². The number of carbonyl (C=O) groups excluding carboxylic acids is 1. The SMILES string of the molecule is CC1(CCNc2ncc(Cl)c(-c3cc4c(C(=O)NC5CC5)cccc4s3)n2)CCNCC1. The van der Waals surface area contributed by atoms with E-state index in [0.29, 0.717) is 33.7 Å². The van der Waals surface area contributed by atoms with Gasteiger partial charge in [0.05, 0.1) is 16.1 Å². The molecule has 32 heavy (non-hydrogen) atoms. The number of benzene rings is 1. The minimum Gasteiger partial charge on any atom is -0.354 e. The number of hydrogen-bond acceptors (Lipinski definition) is 6. The summed E-state index contributed by atoms with van der Waals surface area (Å²) in [5.41, 5.74) is 1.76. The summed E-state index contributed by atoms with van der Waals surface area (Å²) in [4.78, 5) is 22.7. The maximum absolute atomic E-state index is 12.7. The normalized spacial score (nSPS) is 17.9. The smallest absolute Gasteiger partial charge is 0.252 e. The van der Waals surface area contributed by atoms with Gasteiger partial charge in [-0.25, -0.2) is 9.97 Å². The van der Waals surface area contributed by atoms with Crippen LogP contribution in [0.5, 0.6) is 0 Å². The molecule has 0 atom stereocenters. The predicted molar refractivity (Wildman–Crippen MR) is 132 cm³/mol. The Kier molecular flexibility index (Phi) is 6.05. The Bertz CT molecular complexity index is 1140. The Morgan fingerprint density at radius 3 is 2.91 bits per heavy atom. The molecule has 1 saturated carbocycles. The number of amides is 1. The Labute approximate surface area is 197 Å². The van der Waals surface area contributed by atoms with Gasteiger partial charge in [-0.15, -0.1) is 11.3 Å². The second-order valence-corrected chi connectivity index (χ2v) is 10.7. The fourth-order valence-corrected chi connectivity index (χ4v) is 5.59. The standard InChI is InChI=1S/C24H28ClN5OS/c1-24(7-10-26-11-8-24)9-12-27-23-28-14-18(25)21(30-23)20-13-17-16(3-2-4-19(17)32-20)22(31)29-15-5-6-15/h2-4,13-15,26H,5-12H2,1H3,(H,29,31)(H,27,28,30). The average Bonchev–Trinajstić information content (AvgIpc) is 3.49. The van der Waals surface area contributed by atoms with E-state index in [1.165, 1.54) is 12.8 Å². The number of halogens is 1. The maximum Gasteiger partial charge on any atom is 0.252 e. The van der Waals surface area contributed by atoms with Gasteiger partial charge in [0.15, 0.2) is 0 Å². The van der Waals surface area contributed by atoms with E-state index in [1.54, 1.807) is 17.5 Å². The molecule has 5 rings (SSSR count). The van der Waals surface area contributed by atoms with E-state index >= 15 is 0 Å². The number of thiophene rings is 1. The number of nitrogens with zero attached hydrogens (tertiary/aromatic N) is 2. The number of nitrogens with one attached hydrogen (secondary N) is 3. The van der Waals surface area contributed by atoms with Crippen LogP contribution in [-0.4, -0.2) is 41.6 Å². The third-order valence-electron chi connectivity index (χ3n) is 6.52. The Balaban J connectivity index is 1.35. The minimum absolute atomic E-state index is 0.00926. The Hall–Kier alpha value is -2.22. The van der Waals surface area contributed by atoms with E-state index in [9.17, 15) is 4.79 Å². The highest BCUT2D eigenvalue weighted by Gasteiger charge is 2.26. The first-order chi connectivity index (χ1) is 15.5. The number of aromatic nitrogens is 2. The van der Waals surface area contributed by atoms with Crippen molar-refractivity contribution in [3.8, 4) is 10.6 Å². The highest BCUT2D eigenvalue weighted by Crippen LogP contribution is 2.38. The third-order valence-corrected chi connectivity index (χ3v) is 7.90. The fourth-order valence-electron chi connectivity index (χ4n) is 4.25. The molecule has 6 nitrogen and oxygen atoms in total. The topological polar surface area (TPSA) is 78.9 Å². The second kappa shape index (κ2) is 8.96. The fraction of sp³-hybridized carbons (Fsp3) is 0.458. The van der Waals surface area contributed by atoms with Gasteiger partial charge in [-0.3, -0.25) is 4.79 Å². The molecule has 0 spiro atoms. The van der Waals surface area contributed by atoms with E-state index in [4.69, 9.17) is 16.6 Å². The van der Waals surface area contributed by atoms with E-state index in [-0.39, 0.29) is 5.91 Å². The van der Waals surface area contributed by atoms with Gasteiger partial charge in [0, 0.05) is 28.2 Å². The molecular weight excluding hydrogens is 442 g/mol. The lowest BCUT2D eigenvalue weighted by molar-refractivity contribution is 0.0952. The van der Waals surface area contributed by atoms with Gasteiger partial charge in [-0.2, -0.15) is 0 Å². The highest BCUT2D eigenvalue weighted by molar-refractivity contribution is 7.22. The molecule has 0 unspecified atom stereocenters. The van der Waals surface area contributed by atoms with Crippen molar-refractivity contribution in [2.75, 3.05) is 25.0 Å². The average molecular weight is 470 g/mol. The molecule has 3 N–H and O–H groups in total. The van der Waals surface area contributed by atoms with Gasteiger partial charge in [0.1, 0.15) is 5.69 Å². The lowest BCUT2D eigenvalue weighted by atomic mass is 9.78. The summed E-state index contributed by atoms with van der Waals surface area (Å²) in [5, 5.41) is 11.4. The van der Waals surface area contributed by atoms with E-state index in [1.807, 2.05) is 24.3 Å². The zero-order valence-electron chi connectivity index (χ0n) is 18.2. The Morgan fingerprint density at radius 2 is 2.12 bits per heavy atom. The molecule has 1 saturated heterocycles. The zero-order valence-corrected chi connectivity index (χ0v) is 19.8. The van der Waals surface area contributed by atoms with Gasteiger partial charge in [0.2, 0.25) is 5.95 Å². The van der Waals surface area contributed by atoms with Crippen molar-refractivity contribution in [2.24, 2.45) is 5.41 Å². The van der Waals surface area contributed by atoms with E-state index in [0.717, 1.165) is 53.9 Å². The second-order valence-electron chi connectivity index (χ2n) is 9.20. The Morgan fingerprint density at radius 1 is 1.31 bits per heavy atom. The largest absolute Gasteiger partial charge is 0.354 e.